The molecule has 104 valence electrons. The van der Waals surface area contributed by atoms with Gasteiger partial charge in [0.15, 0.2) is 0 Å². The Balaban J connectivity index is 2.57. The topological polar surface area (TPSA) is 46.4 Å². The highest BCUT2D eigenvalue weighted by molar-refractivity contribution is 6.35. The fourth-order valence-corrected chi connectivity index (χ4v) is 2.38. The van der Waals surface area contributed by atoms with Crippen LogP contribution in [0.5, 0.6) is 0 Å². The first-order valence-corrected chi connectivity index (χ1v) is 5.98. The Morgan fingerprint density at radius 3 is 2.32 bits per heavy atom. The second-order valence-corrected chi connectivity index (χ2v) is 4.66. The molecule has 0 spiro atoms. The molecule has 0 saturated carbocycles. The van der Waals surface area contributed by atoms with Crippen molar-refractivity contribution in [3.63, 3.8) is 0 Å². The summed E-state index contributed by atoms with van der Waals surface area (Å²) >= 11 is 5.86. The summed E-state index contributed by atoms with van der Waals surface area (Å²) in [5.41, 5.74) is -1.68. The van der Waals surface area contributed by atoms with E-state index in [1.54, 1.807) is 4.90 Å². The maximum absolute atomic E-state index is 12.7. The van der Waals surface area contributed by atoms with E-state index in [0.717, 1.165) is 18.9 Å². The molecule has 19 heavy (non-hydrogen) atoms. The average Bonchev–Trinajstić information content (AvgIpc) is 2.80. The Hall–Kier alpha value is -1.50. The first kappa shape index (κ1) is 13.9. The Bertz CT molecular complexity index is 513. The number of anilines is 1. The summed E-state index contributed by atoms with van der Waals surface area (Å²) in [4.78, 5) is 11.6. The number of nitro benzene ring substituents is 1. The Kier molecular flexibility index (Phi) is 3.58. The standard InChI is InChI=1S/C11H10ClF3N2O2/c12-10-8(16-3-1-2-4-16)5-7(11(13,14)15)6-9(10)17(18)19/h5-6H,1-4H2. The summed E-state index contributed by atoms with van der Waals surface area (Å²) in [6.45, 7) is 1.11. The summed E-state index contributed by atoms with van der Waals surface area (Å²) in [5.74, 6) is 0. The number of nitro groups is 1. The molecule has 4 nitrogen and oxygen atoms in total. The molecule has 0 N–H and O–H groups in total. The number of halogens is 4. The molecule has 1 saturated heterocycles. The van der Waals surface area contributed by atoms with Gasteiger partial charge in [0.1, 0.15) is 5.02 Å². The van der Waals surface area contributed by atoms with Crippen LogP contribution >= 0.6 is 11.6 Å². The second-order valence-electron chi connectivity index (χ2n) is 4.28. The highest BCUT2D eigenvalue weighted by Crippen LogP contribution is 2.41. The molecule has 0 aromatic heterocycles. The van der Waals surface area contributed by atoms with Gasteiger partial charge in [-0.05, 0) is 18.9 Å². The number of hydrogen-bond donors (Lipinski definition) is 0. The van der Waals surface area contributed by atoms with Gasteiger partial charge in [-0.1, -0.05) is 11.6 Å². The SMILES string of the molecule is O=[N+]([O-])c1cc(C(F)(F)F)cc(N2CCCC2)c1Cl. The molecular formula is C11H10ClF3N2O2. The molecule has 2 rings (SSSR count). The fourth-order valence-electron chi connectivity index (χ4n) is 2.08. The third kappa shape index (κ3) is 2.75. The first-order valence-electron chi connectivity index (χ1n) is 5.61. The number of benzene rings is 1. The summed E-state index contributed by atoms with van der Waals surface area (Å²) < 4.78 is 38.2. The van der Waals surface area contributed by atoms with E-state index >= 15 is 0 Å². The van der Waals surface area contributed by atoms with Gasteiger partial charge in [-0.25, -0.2) is 0 Å². The van der Waals surface area contributed by atoms with Gasteiger partial charge < -0.3 is 4.90 Å². The van der Waals surface area contributed by atoms with Crippen LogP contribution in [0.3, 0.4) is 0 Å². The van der Waals surface area contributed by atoms with Crippen molar-refractivity contribution in [3.05, 3.63) is 32.8 Å². The lowest BCUT2D eigenvalue weighted by Crippen LogP contribution is -2.19. The van der Waals surface area contributed by atoms with Gasteiger partial charge in [-0.15, -0.1) is 0 Å². The molecule has 1 aromatic carbocycles. The molecule has 0 unspecified atom stereocenters. The van der Waals surface area contributed by atoms with Crippen molar-refractivity contribution in [3.8, 4) is 0 Å². The van der Waals surface area contributed by atoms with E-state index in [1.807, 2.05) is 0 Å². The smallest absolute Gasteiger partial charge is 0.370 e. The number of nitrogens with zero attached hydrogens (tertiary/aromatic N) is 2. The zero-order chi connectivity index (χ0) is 14.2. The van der Waals surface area contributed by atoms with Crippen molar-refractivity contribution in [1.29, 1.82) is 0 Å². The van der Waals surface area contributed by atoms with Crippen molar-refractivity contribution in [2.24, 2.45) is 0 Å². The highest BCUT2D eigenvalue weighted by atomic mass is 35.5. The molecule has 8 heteroatoms. The molecule has 1 aromatic rings. The van der Waals surface area contributed by atoms with Crippen molar-refractivity contribution in [1.82, 2.24) is 0 Å². The normalized spacial score (nSPS) is 15.9. The van der Waals surface area contributed by atoms with E-state index in [4.69, 9.17) is 11.6 Å². The van der Waals surface area contributed by atoms with Crippen LogP contribution < -0.4 is 4.90 Å². The maximum Gasteiger partial charge on any atom is 0.416 e. The Morgan fingerprint density at radius 1 is 1.26 bits per heavy atom. The minimum absolute atomic E-state index is 0.0840. The number of alkyl halides is 3. The molecule has 0 amide bonds. The van der Waals surface area contributed by atoms with Gasteiger partial charge in [0, 0.05) is 19.2 Å². The lowest BCUT2D eigenvalue weighted by molar-refractivity contribution is -0.384. The third-order valence-corrected chi connectivity index (χ3v) is 3.39. The predicted molar refractivity (Wildman–Crippen MR) is 64.6 cm³/mol. The molecule has 1 fully saturated rings. The lowest BCUT2D eigenvalue weighted by Gasteiger charge is -2.20. The summed E-state index contributed by atoms with van der Waals surface area (Å²) in [5, 5.41) is 10.6. The first-order chi connectivity index (χ1) is 8.80. The van der Waals surface area contributed by atoms with E-state index in [9.17, 15) is 23.3 Å². The number of rotatable bonds is 2. The molecule has 0 aliphatic carbocycles. The van der Waals surface area contributed by atoms with Gasteiger partial charge >= 0.3 is 6.18 Å². The van der Waals surface area contributed by atoms with Crippen LogP contribution in [0.15, 0.2) is 12.1 Å². The molecule has 0 bridgehead atoms. The lowest BCUT2D eigenvalue weighted by atomic mass is 10.1. The van der Waals surface area contributed by atoms with Crippen molar-refractivity contribution < 1.29 is 18.1 Å². The molecule has 0 atom stereocenters. The zero-order valence-electron chi connectivity index (χ0n) is 9.71. The Labute approximate surface area is 111 Å². The van der Waals surface area contributed by atoms with E-state index in [1.165, 1.54) is 0 Å². The van der Waals surface area contributed by atoms with E-state index in [-0.39, 0.29) is 10.7 Å². The van der Waals surface area contributed by atoms with Crippen LogP contribution in [0, 0.1) is 10.1 Å². The molecule has 1 heterocycles. The van der Waals surface area contributed by atoms with Gasteiger partial charge in [0.05, 0.1) is 16.2 Å². The van der Waals surface area contributed by atoms with Crippen molar-refractivity contribution >= 4 is 23.0 Å². The highest BCUT2D eigenvalue weighted by Gasteiger charge is 2.35. The minimum Gasteiger partial charge on any atom is -0.370 e. The summed E-state index contributed by atoms with van der Waals surface area (Å²) in [7, 11) is 0. The zero-order valence-corrected chi connectivity index (χ0v) is 10.5. The van der Waals surface area contributed by atoms with E-state index in [2.05, 4.69) is 0 Å². The molecule has 1 aliphatic rings. The summed E-state index contributed by atoms with van der Waals surface area (Å²) in [6, 6.07) is 1.35. The van der Waals surface area contributed by atoms with Crippen molar-refractivity contribution in [2.45, 2.75) is 19.0 Å². The van der Waals surface area contributed by atoms with Crippen LogP contribution in [0.1, 0.15) is 18.4 Å². The van der Waals surface area contributed by atoms with Crippen molar-refractivity contribution in [2.75, 3.05) is 18.0 Å². The second kappa shape index (κ2) is 4.88. The average molecular weight is 295 g/mol. The maximum atomic E-state index is 12.7. The molecule has 1 aliphatic heterocycles. The quantitative estimate of drug-likeness (QED) is 0.614. The number of hydrogen-bond acceptors (Lipinski definition) is 3. The predicted octanol–water partition coefficient (Wildman–Crippen LogP) is 3.87. The van der Waals surface area contributed by atoms with Crippen LogP contribution in [-0.2, 0) is 6.18 Å². The van der Waals surface area contributed by atoms with Crippen LogP contribution in [0.2, 0.25) is 5.02 Å². The van der Waals surface area contributed by atoms with Crippen LogP contribution in [0.25, 0.3) is 0 Å². The van der Waals surface area contributed by atoms with Crippen LogP contribution in [-0.4, -0.2) is 18.0 Å². The fraction of sp³-hybridized carbons (Fsp3) is 0.455. The monoisotopic (exact) mass is 294 g/mol. The van der Waals surface area contributed by atoms with Gasteiger partial charge in [0.2, 0.25) is 0 Å². The molecule has 0 radical (unpaired) electrons. The van der Waals surface area contributed by atoms with E-state index in [0.29, 0.717) is 19.2 Å². The van der Waals surface area contributed by atoms with Gasteiger partial charge in [0.25, 0.3) is 5.69 Å². The Morgan fingerprint density at radius 2 is 1.84 bits per heavy atom. The minimum atomic E-state index is -4.64. The van der Waals surface area contributed by atoms with Gasteiger partial charge in [-0.3, -0.25) is 10.1 Å². The summed E-state index contributed by atoms with van der Waals surface area (Å²) in [6.07, 6.45) is -2.97. The largest absolute Gasteiger partial charge is 0.416 e. The van der Waals surface area contributed by atoms with E-state index < -0.39 is 22.4 Å². The molecular weight excluding hydrogens is 285 g/mol. The van der Waals surface area contributed by atoms with Crippen LogP contribution in [0.4, 0.5) is 24.5 Å². The van der Waals surface area contributed by atoms with Gasteiger partial charge in [-0.2, -0.15) is 13.2 Å². The third-order valence-electron chi connectivity index (χ3n) is 3.00.